The number of hydrogen-bond donors (Lipinski definition) is 1. The van der Waals surface area contributed by atoms with Crippen molar-refractivity contribution in [1.82, 2.24) is 0 Å². The molecular formula is C20H39Na2O7P. The Morgan fingerprint density at radius 1 is 0.800 bits per heavy atom. The van der Waals surface area contributed by atoms with Gasteiger partial charge in [0.25, 0.3) is 0 Å². The van der Waals surface area contributed by atoms with Crippen LogP contribution in [0.5, 0.6) is 0 Å². The second kappa shape index (κ2) is 25.2. The second-order valence-corrected chi connectivity index (χ2v) is 8.58. The number of hydrogen-bond acceptors (Lipinski definition) is 7. The molecule has 0 spiro atoms. The molecule has 0 aromatic heterocycles. The summed E-state index contributed by atoms with van der Waals surface area (Å²) in [7, 11) is -5.11. The Balaban J connectivity index is -0.00000364. The van der Waals surface area contributed by atoms with Crippen LogP contribution in [0, 0.1) is 0 Å². The van der Waals surface area contributed by atoms with Gasteiger partial charge in [-0.25, -0.2) is 0 Å². The molecule has 7 nitrogen and oxygen atoms in total. The van der Waals surface area contributed by atoms with E-state index in [2.05, 4.69) is 11.4 Å². The zero-order valence-corrected chi connectivity index (χ0v) is 24.3. The monoisotopic (exact) mass is 468 g/mol. The van der Waals surface area contributed by atoms with Crippen molar-refractivity contribution in [3.05, 3.63) is 0 Å². The fourth-order valence-electron chi connectivity index (χ4n) is 2.95. The number of carbonyl (C=O) groups excluding carboxylic acids is 1. The van der Waals surface area contributed by atoms with Gasteiger partial charge < -0.3 is 28.7 Å². The fourth-order valence-corrected chi connectivity index (χ4v) is 3.31. The molecule has 0 aromatic carbocycles. The largest absolute Gasteiger partial charge is 1.00 e. The number of phosphoric ester groups is 1. The zero-order chi connectivity index (χ0) is 21.1. The van der Waals surface area contributed by atoms with Crippen molar-refractivity contribution in [1.29, 1.82) is 0 Å². The van der Waals surface area contributed by atoms with E-state index in [9.17, 15) is 24.3 Å². The maximum atomic E-state index is 11.5. The summed E-state index contributed by atoms with van der Waals surface area (Å²) in [6.45, 7) is 1.17. The van der Waals surface area contributed by atoms with E-state index in [1.54, 1.807) is 0 Å². The molecule has 0 rings (SSSR count). The van der Waals surface area contributed by atoms with Gasteiger partial charge in [-0.15, -0.1) is 0 Å². The van der Waals surface area contributed by atoms with E-state index in [-0.39, 0.29) is 72.1 Å². The SMILES string of the molecule is CCCCCCCCCCCCCCCCC(=O)OCC(O)COP(=O)([O-])[O-].[Na+].[Na+]. The summed E-state index contributed by atoms with van der Waals surface area (Å²) in [5.74, 6) is -0.439. The van der Waals surface area contributed by atoms with Crippen LogP contribution in [0.15, 0.2) is 0 Å². The molecule has 1 unspecified atom stereocenters. The summed E-state index contributed by atoms with van der Waals surface area (Å²) in [4.78, 5) is 32.0. The quantitative estimate of drug-likeness (QED) is 0.0917. The van der Waals surface area contributed by atoms with Gasteiger partial charge in [-0.3, -0.25) is 4.79 Å². The van der Waals surface area contributed by atoms with Gasteiger partial charge >= 0.3 is 65.1 Å². The topological polar surface area (TPSA) is 119 Å². The Labute approximate surface area is 227 Å². The van der Waals surface area contributed by atoms with Crippen molar-refractivity contribution in [2.45, 2.75) is 109 Å². The van der Waals surface area contributed by atoms with E-state index in [0.29, 0.717) is 0 Å². The van der Waals surface area contributed by atoms with Crippen molar-refractivity contribution in [3.63, 3.8) is 0 Å². The Morgan fingerprint density at radius 2 is 1.20 bits per heavy atom. The maximum absolute atomic E-state index is 11.5. The Bertz CT molecular complexity index is 422. The standard InChI is InChI=1S/C20H41O7P.2Na/c1-2-3-4-5-6-7-8-9-10-11-12-13-14-15-16-20(22)26-17-19(21)18-27-28(23,24)25;;/h19,21H,2-18H2,1H3,(H2,23,24,25);;/q;2*+1/p-2. The summed E-state index contributed by atoms with van der Waals surface area (Å²) in [5, 5.41) is 9.35. The number of aliphatic hydroxyl groups is 1. The van der Waals surface area contributed by atoms with E-state index in [0.717, 1.165) is 19.3 Å². The van der Waals surface area contributed by atoms with Crippen LogP contribution in [0.4, 0.5) is 0 Å². The van der Waals surface area contributed by atoms with Crippen LogP contribution in [0.3, 0.4) is 0 Å². The average molecular weight is 468 g/mol. The van der Waals surface area contributed by atoms with Crippen LogP contribution < -0.4 is 68.9 Å². The van der Waals surface area contributed by atoms with Gasteiger partial charge in [0.05, 0.1) is 14.4 Å². The zero-order valence-electron chi connectivity index (χ0n) is 19.4. The molecule has 0 aliphatic carbocycles. The third kappa shape index (κ3) is 29.5. The molecule has 0 radical (unpaired) electrons. The molecule has 0 aliphatic heterocycles. The predicted octanol–water partition coefficient (Wildman–Crippen LogP) is -2.38. The normalized spacial score (nSPS) is 12.0. The van der Waals surface area contributed by atoms with E-state index < -0.39 is 26.5 Å². The number of esters is 1. The maximum Gasteiger partial charge on any atom is 1.00 e. The second-order valence-electron chi connectivity index (χ2n) is 7.43. The van der Waals surface area contributed by atoms with Crippen LogP contribution in [-0.2, 0) is 18.6 Å². The molecule has 0 bridgehead atoms. The van der Waals surface area contributed by atoms with Crippen LogP contribution in [0.25, 0.3) is 0 Å². The third-order valence-corrected chi connectivity index (χ3v) is 5.06. The van der Waals surface area contributed by atoms with Gasteiger partial charge in [0.15, 0.2) is 0 Å². The van der Waals surface area contributed by atoms with Crippen molar-refractivity contribution in [2.24, 2.45) is 0 Å². The molecule has 0 amide bonds. The molecule has 0 aromatic rings. The van der Waals surface area contributed by atoms with Crippen LogP contribution >= 0.6 is 7.82 Å². The number of carbonyl (C=O) groups is 1. The minimum absolute atomic E-state index is 0. The molecule has 30 heavy (non-hydrogen) atoms. The average Bonchev–Trinajstić information content (AvgIpc) is 2.64. The van der Waals surface area contributed by atoms with E-state index in [4.69, 9.17) is 4.74 Å². The first-order chi connectivity index (χ1) is 13.3. The Hall–Kier alpha value is 1.54. The number of ether oxygens (including phenoxy) is 1. The van der Waals surface area contributed by atoms with Crippen molar-refractivity contribution < 1.29 is 92.6 Å². The predicted molar refractivity (Wildman–Crippen MR) is 105 cm³/mol. The summed E-state index contributed by atoms with van der Waals surface area (Å²) in [6, 6.07) is 0. The Kier molecular flexibility index (Phi) is 30.3. The number of phosphoric acid groups is 1. The van der Waals surface area contributed by atoms with Crippen LogP contribution in [0.2, 0.25) is 0 Å². The molecule has 0 fully saturated rings. The summed E-state index contributed by atoms with van der Waals surface area (Å²) in [6.07, 6.45) is 16.3. The third-order valence-electron chi connectivity index (χ3n) is 4.60. The molecule has 0 saturated heterocycles. The minimum Gasteiger partial charge on any atom is -0.790 e. The van der Waals surface area contributed by atoms with E-state index in [1.807, 2.05) is 0 Å². The summed E-state index contributed by atoms with van der Waals surface area (Å²) in [5.41, 5.74) is 0. The molecule has 10 heteroatoms. The van der Waals surface area contributed by atoms with Gasteiger partial charge in [-0.05, 0) is 6.42 Å². The molecule has 0 aliphatic rings. The molecule has 0 saturated carbocycles. The van der Waals surface area contributed by atoms with Gasteiger partial charge in [0.1, 0.15) is 12.7 Å². The first-order valence-corrected chi connectivity index (χ1v) is 12.3. The summed E-state index contributed by atoms with van der Waals surface area (Å²) >= 11 is 0. The van der Waals surface area contributed by atoms with Crippen molar-refractivity contribution >= 4 is 13.8 Å². The first-order valence-electron chi connectivity index (χ1n) is 10.9. The fraction of sp³-hybridized carbons (Fsp3) is 0.950. The molecule has 168 valence electrons. The van der Waals surface area contributed by atoms with Crippen LogP contribution in [-0.4, -0.2) is 30.4 Å². The van der Waals surface area contributed by atoms with Gasteiger partial charge in [-0.2, -0.15) is 0 Å². The van der Waals surface area contributed by atoms with E-state index in [1.165, 1.54) is 70.6 Å². The molecule has 1 N–H and O–H groups in total. The van der Waals surface area contributed by atoms with Crippen molar-refractivity contribution in [2.75, 3.05) is 13.2 Å². The van der Waals surface area contributed by atoms with Gasteiger partial charge in [0, 0.05) is 6.42 Å². The van der Waals surface area contributed by atoms with Crippen molar-refractivity contribution in [3.8, 4) is 0 Å². The minimum atomic E-state index is -5.11. The molecular weight excluding hydrogens is 429 g/mol. The summed E-state index contributed by atoms with van der Waals surface area (Å²) < 4.78 is 19.0. The number of rotatable bonds is 20. The number of unbranched alkanes of at least 4 members (excludes halogenated alkanes) is 13. The molecule has 0 heterocycles. The Morgan fingerprint density at radius 3 is 1.60 bits per heavy atom. The number of aliphatic hydroxyl groups excluding tert-OH is 1. The van der Waals surface area contributed by atoms with E-state index >= 15 is 0 Å². The smallest absolute Gasteiger partial charge is 0.790 e. The van der Waals surface area contributed by atoms with Crippen LogP contribution in [0.1, 0.15) is 103 Å². The van der Waals surface area contributed by atoms with Gasteiger partial charge in [-0.1, -0.05) is 90.4 Å². The first kappa shape index (κ1) is 36.1. The van der Waals surface area contributed by atoms with Gasteiger partial charge in [0.2, 0.25) is 0 Å². The molecule has 1 atom stereocenters.